The normalized spacial score (nSPS) is 21.9. The molecule has 2 unspecified atom stereocenters. The van der Waals surface area contributed by atoms with E-state index in [-0.39, 0.29) is 18.1 Å². The van der Waals surface area contributed by atoms with Gasteiger partial charge in [-0.2, -0.15) is 8.75 Å². The van der Waals surface area contributed by atoms with E-state index in [1.165, 1.54) is 0 Å². The van der Waals surface area contributed by atoms with Crippen LogP contribution in [0.15, 0.2) is 6.07 Å². The average Bonchev–Trinajstić information content (AvgIpc) is 3.11. The number of ether oxygens (including phenoxy) is 1. The van der Waals surface area contributed by atoms with E-state index in [0.29, 0.717) is 39.7 Å². The van der Waals surface area contributed by atoms with Gasteiger partial charge in [-0.3, -0.25) is 4.79 Å². The van der Waals surface area contributed by atoms with Crippen molar-refractivity contribution >= 4 is 57.6 Å². The monoisotopic (exact) mass is 346 g/mol. The van der Waals surface area contributed by atoms with Crippen molar-refractivity contribution in [2.24, 2.45) is 0 Å². The van der Waals surface area contributed by atoms with E-state index < -0.39 is 0 Å². The van der Waals surface area contributed by atoms with Crippen LogP contribution in [-0.4, -0.2) is 40.5 Å². The minimum absolute atomic E-state index is 0.0439. The van der Waals surface area contributed by atoms with Crippen molar-refractivity contribution in [1.82, 2.24) is 14.1 Å². The first-order valence-electron chi connectivity index (χ1n) is 6.27. The van der Waals surface area contributed by atoms with Crippen LogP contribution in [0.4, 0.5) is 5.69 Å². The SMILES string of the molecule is COC1CNC(C(=O)Nc2c(Cl)cc(Cl)c3nsnc23)C1. The number of carbonyl (C=O) groups is 1. The first kappa shape index (κ1) is 14.9. The van der Waals surface area contributed by atoms with Crippen molar-refractivity contribution in [3.8, 4) is 0 Å². The Kier molecular flexibility index (Phi) is 4.28. The van der Waals surface area contributed by atoms with Gasteiger partial charge in [-0.25, -0.2) is 0 Å². The molecular weight excluding hydrogens is 335 g/mol. The number of anilines is 1. The zero-order valence-electron chi connectivity index (χ0n) is 11.0. The zero-order chi connectivity index (χ0) is 15.0. The van der Waals surface area contributed by atoms with Crippen LogP contribution >= 0.6 is 34.9 Å². The predicted molar refractivity (Wildman–Crippen MR) is 83.3 cm³/mol. The van der Waals surface area contributed by atoms with E-state index in [4.69, 9.17) is 27.9 Å². The third kappa shape index (κ3) is 2.84. The van der Waals surface area contributed by atoms with Crippen LogP contribution in [0.2, 0.25) is 10.0 Å². The molecule has 2 aromatic rings. The van der Waals surface area contributed by atoms with Gasteiger partial charge in [0.25, 0.3) is 0 Å². The number of methoxy groups -OCH3 is 1. The fraction of sp³-hybridized carbons (Fsp3) is 0.417. The molecule has 1 saturated heterocycles. The summed E-state index contributed by atoms with van der Waals surface area (Å²) in [6.45, 7) is 0.649. The first-order valence-corrected chi connectivity index (χ1v) is 7.76. The molecule has 3 rings (SSSR count). The molecule has 112 valence electrons. The molecule has 0 spiro atoms. The van der Waals surface area contributed by atoms with Crippen LogP contribution in [0.3, 0.4) is 0 Å². The Morgan fingerprint density at radius 2 is 2.19 bits per heavy atom. The second-order valence-corrected chi connectivity index (χ2v) is 6.06. The highest BCUT2D eigenvalue weighted by atomic mass is 35.5. The van der Waals surface area contributed by atoms with Gasteiger partial charge in [-0.15, -0.1) is 0 Å². The van der Waals surface area contributed by atoms with Gasteiger partial charge in [0.05, 0.1) is 39.6 Å². The van der Waals surface area contributed by atoms with Crippen molar-refractivity contribution in [3.05, 3.63) is 16.1 Å². The van der Waals surface area contributed by atoms with E-state index >= 15 is 0 Å². The number of fused-ring (bicyclic) bond motifs is 1. The molecule has 1 aliphatic rings. The highest BCUT2D eigenvalue weighted by molar-refractivity contribution is 7.00. The van der Waals surface area contributed by atoms with Crippen LogP contribution in [0, 0.1) is 0 Å². The van der Waals surface area contributed by atoms with E-state index in [1.54, 1.807) is 13.2 Å². The Bertz CT molecular complexity index is 693. The van der Waals surface area contributed by atoms with Gasteiger partial charge in [0.1, 0.15) is 11.0 Å². The summed E-state index contributed by atoms with van der Waals surface area (Å²) in [5.41, 5.74) is 1.49. The lowest BCUT2D eigenvalue weighted by atomic mass is 10.2. The number of halogens is 2. The average molecular weight is 347 g/mol. The zero-order valence-corrected chi connectivity index (χ0v) is 13.3. The lowest BCUT2D eigenvalue weighted by Crippen LogP contribution is -2.35. The number of amides is 1. The Morgan fingerprint density at radius 1 is 1.43 bits per heavy atom. The van der Waals surface area contributed by atoms with Gasteiger partial charge in [-0.1, -0.05) is 23.2 Å². The molecule has 1 aliphatic heterocycles. The summed E-state index contributed by atoms with van der Waals surface area (Å²) in [7, 11) is 1.63. The number of rotatable bonds is 3. The second kappa shape index (κ2) is 6.02. The number of carbonyl (C=O) groups excluding carboxylic acids is 1. The molecule has 0 aliphatic carbocycles. The second-order valence-electron chi connectivity index (χ2n) is 4.72. The quantitative estimate of drug-likeness (QED) is 0.891. The summed E-state index contributed by atoms with van der Waals surface area (Å²) in [5, 5.41) is 6.68. The number of hydrogen-bond donors (Lipinski definition) is 2. The Balaban J connectivity index is 1.85. The minimum Gasteiger partial charge on any atom is -0.380 e. The number of hydrogen-bond acceptors (Lipinski definition) is 6. The van der Waals surface area contributed by atoms with Gasteiger partial charge in [-0.05, 0) is 12.5 Å². The van der Waals surface area contributed by atoms with Crippen molar-refractivity contribution in [1.29, 1.82) is 0 Å². The maximum absolute atomic E-state index is 12.3. The Hall–Kier alpha value is -0.990. The molecule has 1 fully saturated rings. The summed E-state index contributed by atoms with van der Waals surface area (Å²) in [4.78, 5) is 12.3. The number of benzene rings is 1. The molecule has 6 nitrogen and oxygen atoms in total. The molecule has 1 aromatic carbocycles. The van der Waals surface area contributed by atoms with Crippen LogP contribution in [0.5, 0.6) is 0 Å². The maximum Gasteiger partial charge on any atom is 0.241 e. The standard InChI is InChI=1S/C12H12Cl2N4O2S/c1-20-5-2-8(15-4-5)12(19)16-9-6(13)3-7(14)10-11(9)18-21-17-10/h3,5,8,15H,2,4H2,1H3,(H,16,19). The summed E-state index contributed by atoms with van der Waals surface area (Å²) in [5.74, 6) is -0.173. The molecule has 2 heterocycles. The molecule has 0 radical (unpaired) electrons. The van der Waals surface area contributed by atoms with Crippen molar-refractivity contribution in [2.75, 3.05) is 19.0 Å². The smallest absolute Gasteiger partial charge is 0.241 e. The van der Waals surface area contributed by atoms with Crippen molar-refractivity contribution in [2.45, 2.75) is 18.6 Å². The summed E-state index contributed by atoms with van der Waals surface area (Å²) < 4.78 is 13.5. The Labute approximate surface area is 135 Å². The highest BCUT2D eigenvalue weighted by Gasteiger charge is 2.30. The van der Waals surface area contributed by atoms with Gasteiger partial charge in [0, 0.05) is 13.7 Å². The number of aromatic nitrogens is 2. The van der Waals surface area contributed by atoms with Gasteiger partial charge in [0.15, 0.2) is 0 Å². The van der Waals surface area contributed by atoms with Crippen LogP contribution < -0.4 is 10.6 Å². The fourth-order valence-electron chi connectivity index (χ4n) is 2.29. The number of nitrogens with one attached hydrogen (secondary N) is 2. The van der Waals surface area contributed by atoms with E-state index in [2.05, 4.69) is 19.4 Å². The van der Waals surface area contributed by atoms with Gasteiger partial charge in [0.2, 0.25) is 5.91 Å². The molecule has 21 heavy (non-hydrogen) atoms. The largest absolute Gasteiger partial charge is 0.380 e. The number of nitrogens with zero attached hydrogens (tertiary/aromatic N) is 2. The van der Waals surface area contributed by atoms with Gasteiger partial charge < -0.3 is 15.4 Å². The van der Waals surface area contributed by atoms with Crippen LogP contribution in [-0.2, 0) is 9.53 Å². The topological polar surface area (TPSA) is 76.1 Å². The third-order valence-electron chi connectivity index (χ3n) is 3.43. The molecule has 2 N–H and O–H groups in total. The lowest BCUT2D eigenvalue weighted by Gasteiger charge is -2.13. The van der Waals surface area contributed by atoms with E-state index in [9.17, 15) is 4.79 Å². The summed E-state index contributed by atoms with van der Waals surface area (Å²) in [6, 6.07) is 1.24. The minimum atomic E-state index is -0.316. The predicted octanol–water partition coefficient (Wildman–Crippen LogP) is 2.31. The van der Waals surface area contributed by atoms with Crippen molar-refractivity contribution in [3.63, 3.8) is 0 Å². The van der Waals surface area contributed by atoms with Gasteiger partial charge >= 0.3 is 0 Å². The maximum atomic E-state index is 12.3. The molecule has 0 saturated carbocycles. The van der Waals surface area contributed by atoms with Crippen LogP contribution in [0.25, 0.3) is 11.0 Å². The highest BCUT2D eigenvalue weighted by Crippen LogP contribution is 2.35. The van der Waals surface area contributed by atoms with Crippen molar-refractivity contribution < 1.29 is 9.53 Å². The molecule has 9 heteroatoms. The van der Waals surface area contributed by atoms with E-state index in [0.717, 1.165) is 11.7 Å². The summed E-state index contributed by atoms with van der Waals surface area (Å²) >= 11 is 13.2. The third-order valence-corrected chi connectivity index (χ3v) is 4.55. The lowest BCUT2D eigenvalue weighted by molar-refractivity contribution is -0.117. The fourth-order valence-corrected chi connectivity index (χ4v) is 3.45. The molecule has 2 atom stereocenters. The molecule has 1 amide bonds. The first-order chi connectivity index (χ1) is 10.1. The Morgan fingerprint density at radius 3 is 2.90 bits per heavy atom. The van der Waals surface area contributed by atoms with E-state index in [1.807, 2.05) is 0 Å². The molecule has 1 aromatic heterocycles. The molecule has 0 bridgehead atoms. The summed E-state index contributed by atoms with van der Waals surface area (Å²) in [6.07, 6.45) is 0.661. The molecular formula is C12H12Cl2N4O2S. The van der Waals surface area contributed by atoms with Crippen LogP contribution in [0.1, 0.15) is 6.42 Å².